The van der Waals surface area contributed by atoms with Crippen molar-refractivity contribution in [2.24, 2.45) is 0 Å². The average Bonchev–Trinajstić information content (AvgIpc) is 2.36. The topological polar surface area (TPSA) is 26.3 Å². The highest BCUT2D eigenvalue weighted by Gasteiger charge is 2.13. The SMILES string of the molecule is C=CC(Sc1ccc(C(=O)OCC)cc1)[Si](C)C. The van der Waals surface area contributed by atoms with Crippen molar-refractivity contribution in [3.05, 3.63) is 42.5 Å². The van der Waals surface area contributed by atoms with Gasteiger partial charge in [0.1, 0.15) is 0 Å². The lowest BCUT2D eigenvalue weighted by atomic mass is 10.2. The summed E-state index contributed by atoms with van der Waals surface area (Å²) in [5.41, 5.74) is 0.606. The molecule has 1 aromatic rings. The molecule has 0 saturated carbocycles. The summed E-state index contributed by atoms with van der Waals surface area (Å²) in [5, 5.41) is 0. The lowest BCUT2D eigenvalue weighted by molar-refractivity contribution is 0.0526. The van der Waals surface area contributed by atoms with Crippen LogP contribution in [0.25, 0.3) is 0 Å². The van der Waals surface area contributed by atoms with Crippen LogP contribution < -0.4 is 0 Å². The van der Waals surface area contributed by atoms with Gasteiger partial charge < -0.3 is 4.74 Å². The van der Waals surface area contributed by atoms with Crippen LogP contribution in [0.5, 0.6) is 0 Å². The van der Waals surface area contributed by atoms with E-state index in [1.165, 1.54) is 4.90 Å². The van der Waals surface area contributed by atoms with E-state index in [0.29, 0.717) is 17.0 Å². The van der Waals surface area contributed by atoms with Crippen molar-refractivity contribution < 1.29 is 9.53 Å². The summed E-state index contributed by atoms with van der Waals surface area (Å²) < 4.78 is 4.95. The van der Waals surface area contributed by atoms with Crippen molar-refractivity contribution in [1.82, 2.24) is 0 Å². The molecule has 97 valence electrons. The monoisotopic (exact) mass is 279 g/mol. The minimum absolute atomic E-state index is 0.259. The molecule has 0 amide bonds. The number of hydrogen-bond acceptors (Lipinski definition) is 3. The predicted octanol–water partition coefficient (Wildman–Crippen LogP) is 3.80. The van der Waals surface area contributed by atoms with Crippen LogP contribution in [0, 0.1) is 0 Å². The van der Waals surface area contributed by atoms with Crippen LogP contribution >= 0.6 is 11.8 Å². The number of thioether (sulfide) groups is 1. The van der Waals surface area contributed by atoms with Gasteiger partial charge in [-0.15, -0.1) is 18.3 Å². The second kappa shape index (κ2) is 7.44. The van der Waals surface area contributed by atoms with Crippen LogP contribution in [0.3, 0.4) is 0 Å². The Morgan fingerprint density at radius 3 is 2.50 bits per heavy atom. The van der Waals surface area contributed by atoms with Crippen LogP contribution in [0.1, 0.15) is 17.3 Å². The van der Waals surface area contributed by atoms with Gasteiger partial charge in [-0.1, -0.05) is 19.2 Å². The van der Waals surface area contributed by atoms with Gasteiger partial charge in [-0.05, 0) is 31.2 Å². The van der Waals surface area contributed by atoms with E-state index < -0.39 is 8.80 Å². The first kappa shape index (κ1) is 15.1. The highest BCUT2D eigenvalue weighted by Crippen LogP contribution is 2.26. The molecule has 1 atom stereocenters. The van der Waals surface area contributed by atoms with Crippen molar-refractivity contribution in [2.75, 3.05) is 6.61 Å². The molecule has 1 unspecified atom stereocenters. The molecule has 0 N–H and O–H groups in total. The molecule has 2 nitrogen and oxygen atoms in total. The maximum absolute atomic E-state index is 11.5. The van der Waals surface area contributed by atoms with E-state index >= 15 is 0 Å². The molecule has 1 radical (unpaired) electrons. The van der Waals surface area contributed by atoms with E-state index in [1.54, 1.807) is 11.8 Å². The summed E-state index contributed by atoms with van der Waals surface area (Å²) in [5.74, 6) is -0.259. The third-order valence-electron chi connectivity index (χ3n) is 2.41. The summed E-state index contributed by atoms with van der Waals surface area (Å²) in [6.45, 7) is 10.6. The van der Waals surface area contributed by atoms with Gasteiger partial charge in [0.25, 0.3) is 0 Å². The van der Waals surface area contributed by atoms with E-state index in [0.717, 1.165) is 0 Å². The van der Waals surface area contributed by atoms with E-state index in [4.69, 9.17) is 4.74 Å². The first-order chi connectivity index (χ1) is 8.58. The standard InChI is InChI=1S/C14H19O2SSi/c1-5-13(18(3)4)17-12-9-7-11(8-10-12)14(15)16-6-2/h5,7-10,13H,1,6H2,2-4H3. The number of carbonyl (C=O) groups excluding carboxylic acids is 1. The Kier molecular flexibility index (Phi) is 6.22. The normalized spacial score (nSPS) is 12.2. The van der Waals surface area contributed by atoms with Gasteiger partial charge in [-0.3, -0.25) is 0 Å². The number of carbonyl (C=O) groups is 1. The summed E-state index contributed by atoms with van der Waals surface area (Å²) in [4.78, 5) is 13.2. The third kappa shape index (κ3) is 4.35. The Labute approximate surface area is 115 Å². The molecule has 0 bridgehead atoms. The van der Waals surface area contributed by atoms with Gasteiger partial charge in [-0.25, -0.2) is 4.79 Å². The van der Waals surface area contributed by atoms with E-state index in [1.807, 2.05) is 37.3 Å². The second-order valence-corrected chi connectivity index (χ2v) is 8.51. The molecule has 0 aliphatic heterocycles. The second-order valence-electron chi connectivity index (χ2n) is 4.10. The minimum Gasteiger partial charge on any atom is -0.462 e. The molecule has 1 rings (SSSR count). The number of benzene rings is 1. The number of rotatable bonds is 6. The van der Waals surface area contributed by atoms with E-state index in [2.05, 4.69) is 19.7 Å². The molecule has 0 spiro atoms. The summed E-state index contributed by atoms with van der Waals surface area (Å²) in [6.07, 6.45) is 2.01. The first-order valence-electron chi connectivity index (χ1n) is 5.95. The highest BCUT2D eigenvalue weighted by atomic mass is 32.2. The zero-order valence-electron chi connectivity index (χ0n) is 11.1. The van der Waals surface area contributed by atoms with Crippen molar-refractivity contribution in [2.45, 2.75) is 29.8 Å². The quantitative estimate of drug-likeness (QED) is 0.343. The molecule has 0 heterocycles. The molecule has 18 heavy (non-hydrogen) atoms. The number of ether oxygens (including phenoxy) is 1. The van der Waals surface area contributed by atoms with Gasteiger partial charge in [0.15, 0.2) is 0 Å². The van der Waals surface area contributed by atoms with Gasteiger partial charge in [0.2, 0.25) is 0 Å². The van der Waals surface area contributed by atoms with Gasteiger partial charge in [0.05, 0.1) is 21.0 Å². The number of esters is 1. The molecule has 4 heteroatoms. The van der Waals surface area contributed by atoms with Crippen molar-refractivity contribution in [3.63, 3.8) is 0 Å². The summed E-state index contributed by atoms with van der Waals surface area (Å²) in [7, 11) is -0.403. The molecule has 0 aromatic heterocycles. The van der Waals surface area contributed by atoms with Gasteiger partial charge >= 0.3 is 5.97 Å². The first-order valence-corrected chi connectivity index (χ1v) is 9.40. The maximum atomic E-state index is 11.5. The lowest BCUT2D eigenvalue weighted by Crippen LogP contribution is -2.17. The van der Waals surface area contributed by atoms with Crippen molar-refractivity contribution in [1.29, 1.82) is 0 Å². The molecule has 0 aliphatic carbocycles. The zero-order chi connectivity index (χ0) is 13.5. The summed E-state index contributed by atoms with van der Waals surface area (Å²) in [6, 6.07) is 7.58. The molecular formula is C14H19O2SSi. The molecule has 1 aromatic carbocycles. The van der Waals surface area contributed by atoms with E-state index in [-0.39, 0.29) is 5.97 Å². The fraction of sp³-hybridized carbons (Fsp3) is 0.357. The Hall–Kier alpha value is -1.00. The third-order valence-corrected chi connectivity index (χ3v) is 6.54. The Balaban J connectivity index is 2.71. The van der Waals surface area contributed by atoms with Gasteiger partial charge in [-0.2, -0.15) is 0 Å². The van der Waals surface area contributed by atoms with Crippen molar-refractivity contribution in [3.8, 4) is 0 Å². The fourth-order valence-electron chi connectivity index (χ4n) is 1.43. The van der Waals surface area contributed by atoms with Crippen LogP contribution in [0.4, 0.5) is 0 Å². The summed E-state index contributed by atoms with van der Waals surface area (Å²) >= 11 is 1.81. The lowest BCUT2D eigenvalue weighted by Gasteiger charge is -2.14. The van der Waals surface area contributed by atoms with Crippen molar-refractivity contribution >= 4 is 26.5 Å². The average molecular weight is 279 g/mol. The van der Waals surface area contributed by atoms with Crippen LogP contribution in [-0.4, -0.2) is 26.2 Å². The predicted molar refractivity (Wildman–Crippen MR) is 79.7 cm³/mol. The van der Waals surface area contributed by atoms with Crippen LogP contribution in [-0.2, 0) is 4.74 Å². The Bertz CT molecular complexity index is 401. The highest BCUT2D eigenvalue weighted by molar-refractivity contribution is 8.01. The van der Waals surface area contributed by atoms with Crippen LogP contribution in [0.15, 0.2) is 41.8 Å². The molecular weight excluding hydrogens is 260 g/mol. The molecule has 0 fully saturated rings. The number of hydrogen-bond donors (Lipinski definition) is 0. The van der Waals surface area contributed by atoms with E-state index in [9.17, 15) is 4.79 Å². The van der Waals surface area contributed by atoms with Crippen LogP contribution in [0.2, 0.25) is 13.1 Å². The minimum atomic E-state index is -0.403. The zero-order valence-corrected chi connectivity index (χ0v) is 12.9. The van der Waals surface area contributed by atoms with Gasteiger partial charge in [0, 0.05) is 9.77 Å². The molecule has 0 aliphatic rings. The largest absolute Gasteiger partial charge is 0.462 e. The molecule has 0 saturated heterocycles. The fourth-order valence-corrected chi connectivity index (χ4v) is 3.94. The Morgan fingerprint density at radius 1 is 1.44 bits per heavy atom. The Morgan fingerprint density at radius 2 is 2.06 bits per heavy atom. The smallest absolute Gasteiger partial charge is 0.338 e. The maximum Gasteiger partial charge on any atom is 0.338 e.